The van der Waals surface area contributed by atoms with E-state index >= 15 is 0 Å². The van der Waals surface area contributed by atoms with Gasteiger partial charge < -0.3 is 9.84 Å². The van der Waals surface area contributed by atoms with Crippen molar-refractivity contribution < 1.29 is 23.1 Å². The van der Waals surface area contributed by atoms with Gasteiger partial charge >= 0.3 is 5.97 Å². The van der Waals surface area contributed by atoms with Gasteiger partial charge in [0.05, 0.1) is 6.61 Å². The maximum Gasteiger partial charge on any atom is 0.346 e. The quantitative estimate of drug-likeness (QED) is 0.734. The Morgan fingerprint density at radius 3 is 2.72 bits per heavy atom. The third-order valence-corrected chi connectivity index (χ3v) is 5.26. The average Bonchev–Trinajstić information content (AvgIpc) is 2.68. The van der Waals surface area contributed by atoms with Crippen molar-refractivity contribution in [1.82, 2.24) is 4.72 Å². The zero-order valence-corrected chi connectivity index (χ0v) is 11.7. The van der Waals surface area contributed by atoms with Crippen molar-refractivity contribution >= 4 is 27.3 Å². The van der Waals surface area contributed by atoms with Crippen molar-refractivity contribution in [3.8, 4) is 0 Å². The first-order valence-corrected chi connectivity index (χ1v) is 7.59. The highest BCUT2D eigenvalue weighted by atomic mass is 32.2. The molecule has 0 bridgehead atoms. The standard InChI is InChI=1S/C10H15NO5S2/c1-3-16-5-4-11-18(14,15)8-6-7(2)9(17-8)10(12)13/h6,11H,3-5H2,1-2H3,(H,12,13). The van der Waals surface area contributed by atoms with Gasteiger partial charge in [-0.1, -0.05) is 0 Å². The second-order valence-electron chi connectivity index (χ2n) is 3.48. The van der Waals surface area contributed by atoms with Crippen molar-refractivity contribution in [3.05, 3.63) is 16.5 Å². The van der Waals surface area contributed by atoms with Crippen LogP contribution < -0.4 is 4.72 Å². The Labute approximate surface area is 110 Å². The number of thiophene rings is 1. The Bertz CT molecular complexity index is 520. The largest absolute Gasteiger partial charge is 0.477 e. The fourth-order valence-electron chi connectivity index (χ4n) is 1.26. The van der Waals surface area contributed by atoms with Crippen LogP contribution in [0.4, 0.5) is 0 Å². The van der Waals surface area contributed by atoms with Gasteiger partial charge in [-0.15, -0.1) is 11.3 Å². The van der Waals surface area contributed by atoms with Crippen LogP contribution in [0, 0.1) is 6.92 Å². The lowest BCUT2D eigenvalue weighted by Crippen LogP contribution is -2.26. The molecular weight excluding hydrogens is 278 g/mol. The first-order valence-electron chi connectivity index (χ1n) is 5.29. The molecule has 0 saturated carbocycles. The van der Waals surface area contributed by atoms with Crippen LogP contribution in [0.5, 0.6) is 0 Å². The highest BCUT2D eigenvalue weighted by Gasteiger charge is 2.21. The first-order chi connectivity index (χ1) is 8.38. The van der Waals surface area contributed by atoms with Gasteiger partial charge in [0, 0.05) is 13.2 Å². The summed E-state index contributed by atoms with van der Waals surface area (Å²) in [5.41, 5.74) is 0.442. The van der Waals surface area contributed by atoms with Crippen LogP contribution in [0.25, 0.3) is 0 Å². The number of hydrogen-bond donors (Lipinski definition) is 2. The molecule has 8 heteroatoms. The number of aryl methyl sites for hydroxylation is 1. The van der Waals surface area contributed by atoms with Crippen LogP contribution in [0.1, 0.15) is 22.2 Å². The molecule has 6 nitrogen and oxygen atoms in total. The van der Waals surface area contributed by atoms with Crippen LogP contribution in [0.2, 0.25) is 0 Å². The minimum Gasteiger partial charge on any atom is -0.477 e. The summed E-state index contributed by atoms with van der Waals surface area (Å²) < 4.78 is 31.0. The molecule has 0 radical (unpaired) electrons. The number of aromatic carboxylic acids is 1. The second kappa shape index (κ2) is 6.28. The van der Waals surface area contributed by atoms with Crippen LogP contribution in [-0.2, 0) is 14.8 Å². The summed E-state index contributed by atoms with van der Waals surface area (Å²) >= 11 is 0.748. The molecule has 0 saturated heterocycles. The molecule has 0 unspecified atom stereocenters. The highest BCUT2D eigenvalue weighted by molar-refractivity contribution is 7.91. The van der Waals surface area contributed by atoms with Gasteiger partial charge in [-0.25, -0.2) is 17.9 Å². The lowest BCUT2D eigenvalue weighted by Gasteiger charge is -2.04. The highest BCUT2D eigenvalue weighted by Crippen LogP contribution is 2.25. The molecule has 1 aromatic rings. The maximum absolute atomic E-state index is 11.8. The number of sulfonamides is 1. The van der Waals surface area contributed by atoms with E-state index in [0.29, 0.717) is 12.2 Å². The SMILES string of the molecule is CCOCCNS(=O)(=O)c1cc(C)c(C(=O)O)s1. The van der Waals surface area contributed by atoms with E-state index in [2.05, 4.69) is 4.72 Å². The van der Waals surface area contributed by atoms with E-state index in [1.165, 1.54) is 6.07 Å². The van der Waals surface area contributed by atoms with Crippen molar-refractivity contribution in [1.29, 1.82) is 0 Å². The minimum atomic E-state index is -3.65. The molecule has 1 rings (SSSR count). The van der Waals surface area contributed by atoms with Crippen LogP contribution in [0.3, 0.4) is 0 Å². The molecule has 1 heterocycles. The molecule has 0 fully saturated rings. The molecule has 0 aromatic carbocycles. The number of carboxylic acids is 1. The van der Waals surface area contributed by atoms with Gasteiger partial charge in [-0.3, -0.25) is 0 Å². The number of carboxylic acid groups (broad SMARTS) is 1. The predicted octanol–water partition coefficient (Wildman–Crippen LogP) is 1.07. The zero-order chi connectivity index (χ0) is 13.8. The summed E-state index contributed by atoms with van der Waals surface area (Å²) in [6, 6.07) is 1.36. The van der Waals surface area contributed by atoms with Gasteiger partial charge in [0.2, 0.25) is 10.0 Å². The molecule has 0 amide bonds. The number of nitrogens with one attached hydrogen (secondary N) is 1. The molecule has 1 aromatic heterocycles. The van der Waals surface area contributed by atoms with E-state index in [1.54, 1.807) is 6.92 Å². The number of rotatable bonds is 7. The van der Waals surface area contributed by atoms with E-state index in [0.717, 1.165) is 11.3 Å². The van der Waals surface area contributed by atoms with E-state index in [1.807, 2.05) is 6.92 Å². The Balaban J connectivity index is 2.79. The Morgan fingerprint density at radius 2 is 2.22 bits per heavy atom. The minimum absolute atomic E-state index is 0.00824. The van der Waals surface area contributed by atoms with Gasteiger partial charge in [0.1, 0.15) is 9.09 Å². The van der Waals surface area contributed by atoms with Crippen molar-refractivity contribution in [3.63, 3.8) is 0 Å². The summed E-state index contributed by atoms with van der Waals surface area (Å²) in [5.74, 6) is -1.12. The fraction of sp³-hybridized carbons (Fsp3) is 0.500. The number of carbonyl (C=O) groups is 1. The molecule has 0 aliphatic heterocycles. The topological polar surface area (TPSA) is 92.7 Å². The Morgan fingerprint density at radius 1 is 1.56 bits per heavy atom. The molecule has 0 aliphatic rings. The summed E-state index contributed by atoms with van der Waals surface area (Å²) in [7, 11) is -3.65. The predicted molar refractivity (Wildman–Crippen MR) is 67.7 cm³/mol. The second-order valence-corrected chi connectivity index (χ2v) is 6.52. The van der Waals surface area contributed by atoms with Crippen LogP contribution in [-0.4, -0.2) is 39.3 Å². The van der Waals surface area contributed by atoms with Gasteiger partial charge in [-0.05, 0) is 25.5 Å². The summed E-state index contributed by atoms with van der Waals surface area (Å²) in [4.78, 5) is 10.9. The fourth-order valence-corrected chi connectivity index (χ4v) is 3.70. The molecule has 102 valence electrons. The van der Waals surface area contributed by atoms with Crippen LogP contribution >= 0.6 is 11.3 Å². The summed E-state index contributed by atoms with van der Waals surface area (Å²) in [6.07, 6.45) is 0. The molecule has 18 heavy (non-hydrogen) atoms. The lowest BCUT2D eigenvalue weighted by atomic mass is 10.3. The van der Waals surface area contributed by atoms with Crippen molar-refractivity contribution in [2.45, 2.75) is 18.1 Å². The lowest BCUT2D eigenvalue weighted by molar-refractivity contribution is 0.0701. The van der Waals surface area contributed by atoms with Gasteiger partial charge in [0.25, 0.3) is 0 Å². The first kappa shape index (κ1) is 15.1. The van der Waals surface area contributed by atoms with Gasteiger partial charge in [0.15, 0.2) is 0 Å². The molecule has 0 atom stereocenters. The summed E-state index contributed by atoms with van der Waals surface area (Å²) in [6.45, 7) is 4.35. The third-order valence-electron chi connectivity index (χ3n) is 2.10. The average molecular weight is 293 g/mol. The van der Waals surface area contributed by atoms with E-state index in [9.17, 15) is 13.2 Å². The Hall–Kier alpha value is -0.960. The van der Waals surface area contributed by atoms with Crippen molar-refractivity contribution in [2.75, 3.05) is 19.8 Å². The molecule has 0 spiro atoms. The van der Waals surface area contributed by atoms with Crippen LogP contribution in [0.15, 0.2) is 10.3 Å². The third kappa shape index (κ3) is 3.77. The molecule has 0 aliphatic carbocycles. The zero-order valence-electron chi connectivity index (χ0n) is 10.1. The van der Waals surface area contributed by atoms with E-state index in [4.69, 9.17) is 9.84 Å². The molecular formula is C10H15NO5S2. The molecule has 2 N–H and O–H groups in total. The van der Waals surface area contributed by atoms with E-state index in [-0.39, 0.29) is 22.2 Å². The van der Waals surface area contributed by atoms with E-state index < -0.39 is 16.0 Å². The Kier molecular flexibility index (Phi) is 5.27. The smallest absolute Gasteiger partial charge is 0.346 e. The number of ether oxygens (including phenoxy) is 1. The van der Waals surface area contributed by atoms with Crippen molar-refractivity contribution in [2.24, 2.45) is 0 Å². The monoisotopic (exact) mass is 293 g/mol. The summed E-state index contributed by atoms with van der Waals surface area (Å²) in [5, 5.41) is 8.87. The van der Waals surface area contributed by atoms with Gasteiger partial charge in [-0.2, -0.15) is 0 Å². The normalized spacial score (nSPS) is 11.7. The maximum atomic E-state index is 11.8. The number of hydrogen-bond acceptors (Lipinski definition) is 5.